The van der Waals surface area contributed by atoms with Crippen molar-refractivity contribution < 1.29 is 27.7 Å². The third-order valence-corrected chi connectivity index (χ3v) is 6.70. The second kappa shape index (κ2) is 8.72. The highest BCUT2D eigenvalue weighted by molar-refractivity contribution is 6.22. The quantitative estimate of drug-likeness (QED) is 0.214. The van der Waals surface area contributed by atoms with Crippen molar-refractivity contribution in [2.45, 2.75) is 0 Å². The first-order chi connectivity index (χ1) is 26.4. The zero-order valence-electron chi connectivity index (χ0n) is 36.9. The van der Waals surface area contributed by atoms with Gasteiger partial charge in [-0.15, -0.1) is 0 Å². The van der Waals surface area contributed by atoms with Gasteiger partial charge in [-0.1, -0.05) is 121 Å². The molecule has 0 aliphatic heterocycles. The van der Waals surface area contributed by atoms with E-state index in [0.717, 1.165) is 0 Å². The number of hydrogen-bond acceptors (Lipinski definition) is 1. The van der Waals surface area contributed by atoms with E-state index in [4.69, 9.17) is 25.0 Å². The lowest BCUT2D eigenvalue weighted by Crippen LogP contribution is -1.91. The van der Waals surface area contributed by atoms with Crippen LogP contribution in [-0.2, 0) is 0 Å². The Labute approximate surface area is 250 Å². The molecule has 0 aliphatic carbocycles. The smallest absolute Gasteiger partial charge is 0.135 e. The Morgan fingerprint density at radius 3 is 1.79 bits per heavy atom. The van der Waals surface area contributed by atoms with Gasteiger partial charge in [0, 0.05) is 10.8 Å². The maximum Gasteiger partial charge on any atom is 0.135 e. The van der Waals surface area contributed by atoms with Crippen molar-refractivity contribution in [2.24, 2.45) is 0 Å². The van der Waals surface area contributed by atoms with Gasteiger partial charge in [0.05, 0.1) is 23.3 Å². The molecule has 0 atom stereocenters. The molecule has 39 heavy (non-hydrogen) atoms. The number of hydrogen-bond donors (Lipinski definition) is 0. The van der Waals surface area contributed by atoms with Gasteiger partial charge < -0.3 is 4.42 Å². The Morgan fingerprint density at radius 1 is 0.410 bits per heavy atom. The monoisotopic (exact) mass is 513 g/mol. The lowest BCUT2D eigenvalue weighted by Gasteiger charge is -2.19. The van der Waals surface area contributed by atoms with Gasteiger partial charge in [-0.3, -0.25) is 0 Å². The Morgan fingerprint density at radius 2 is 1.03 bits per heavy atom. The van der Waals surface area contributed by atoms with E-state index in [9.17, 15) is 2.74 Å². The second-order valence-electron chi connectivity index (χ2n) is 8.82. The fourth-order valence-electron chi connectivity index (χ4n) is 5.07. The van der Waals surface area contributed by atoms with Gasteiger partial charge >= 0.3 is 0 Å². The summed E-state index contributed by atoms with van der Waals surface area (Å²) in [5.74, 6) is 0. The highest BCUT2D eigenvalue weighted by atomic mass is 16.3. The molecule has 8 aromatic rings. The number of fused-ring (bicyclic) bond motifs is 5. The molecule has 1 heteroatoms. The van der Waals surface area contributed by atoms with Crippen molar-refractivity contribution in [3.63, 3.8) is 0 Å². The summed E-state index contributed by atoms with van der Waals surface area (Å²) in [5.41, 5.74) is -0.708. The summed E-state index contributed by atoms with van der Waals surface area (Å²) in [6.07, 6.45) is 0. The van der Waals surface area contributed by atoms with E-state index < -0.39 is 103 Å². The zero-order chi connectivity index (χ0) is 40.6. The minimum Gasteiger partial charge on any atom is -0.456 e. The van der Waals surface area contributed by atoms with E-state index in [-0.39, 0.29) is 71.5 Å². The van der Waals surface area contributed by atoms with Crippen LogP contribution in [0.2, 0.25) is 0 Å². The molecule has 8 rings (SSSR count). The molecule has 0 saturated carbocycles. The van der Waals surface area contributed by atoms with E-state index >= 15 is 0 Å². The summed E-state index contributed by atoms with van der Waals surface area (Å²) in [7, 11) is 0. The minimum atomic E-state index is -0.614. The van der Waals surface area contributed by atoms with Crippen LogP contribution in [0.3, 0.4) is 0 Å². The Kier molecular flexibility index (Phi) is 2.44. The third-order valence-electron chi connectivity index (χ3n) is 6.70. The number of para-hydroxylation sites is 1. The van der Waals surface area contributed by atoms with Crippen LogP contribution in [-0.4, -0.2) is 0 Å². The molecule has 1 heterocycles. The van der Waals surface area contributed by atoms with Crippen molar-refractivity contribution in [3.05, 3.63) is 145 Å². The normalized spacial score (nSPS) is 17.7. The molecular weight excluding hydrogens is 472 g/mol. The molecule has 182 valence electrons. The van der Waals surface area contributed by atoms with Crippen LogP contribution in [0, 0.1) is 0 Å². The van der Waals surface area contributed by atoms with Gasteiger partial charge in [0.1, 0.15) is 11.2 Å². The van der Waals surface area contributed by atoms with Gasteiger partial charge in [-0.2, -0.15) is 0 Å². The molecule has 7 aromatic carbocycles. The molecule has 1 aromatic heterocycles. The predicted molar refractivity (Wildman–Crippen MR) is 165 cm³/mol. The highest BCUT2D eigenvalue weighted by Gasteiger charge is 2.18. The molecule has 0 fully saturated rings. The number of rotatable bonds is 3. The first-order valence-corrected chi connectivity index (χ1v) is 12.0. The lowest BCUT2D eigenvalue weighted by molar-refractivity contribution is 0.669. The first kappa shape index (κ1) is 10.9. The molecular formula is C38H24O. The van der Waals surface area contributed by atoms with Crippen molar-refractivity contribution >= 4 is 43.5 Å². The Hall–Kier alpha value is -5.14. The summed E-state index contributed by atoms with van der Waals surface area (Å²) in [6, 6.07) is 1.59. The molecule has 0 unspecified atom stereocenters. The van der Waals surface area contributed by atoms with Crippen molar-refractivity contribution in [1.29, 1.82) is 0 Å². The summed E-state index contributed by atoms with van der Waals surface area (Å²) in [6.45, 7) is 0. The summed E-state index contributed by atoms with van der Waals surface area (Å²) in [5, 5.41) is 0.679. The maximum atomic E-state index is 9.61. The largest absolute Gasteiger partial charge is 0.456 e. The van der Waals surface area contributed by atoms with Crippen LogP contribution in [0.4, 0.5) is 0 Å². The van der Waals surface area contributed by atoms with Crippen LogP contribution in [0.25, 0.3) is 76.9 Å². The molecule has 0 bridgehead atoms. The zero-order valence-corrected chi connectivity index (χ0v) is 19.9. The standard InChI is InChI=1S/C38H24O/c1-3-11-25(12-4-1)27-19-21-32-34(23-27)38(28-20-22-36-33(24-28)29-15-9-10-18-35(29)39-36)31-17-8-7-16-30(31)37(32)26-13-5-2-6-14-26/h1-24H/i1D,2D,3D,4D,5D,6D,9D,10D,11D,12D,13D,14D,15D,18D,20D,22D,24D. The number of furan rings is 1. The fourth-order valence-corrected chi connectivity index (χ4v) is 5.07. The fraction of sp³-hybridized carbons (Fsp3) is 0. The average Bonchev–Trinajstić information content (AvgIpc) is 3.60. The SMILES string of the molecule is [2H]c1c([2H])c([2H])c(-c2ccc3c(-c4c([2H])c([2H])c([2H])c([2H])c4[2H])c4ccccc4c(-c4c([2H])c([2H])c5oc6c([2H])c([2H])c([2H])c([2H])c6c5c4[2H])c3c2)c([2H])c1[2H]. The molecule has 0 saturated heterocycles. The molecule has 0 radical (unpaired) electrons. The van der Waals surface area contributed by atoms with Crippen molar-refractivity contribution in [3.8, 4) is 33.4 Å². The topological polar surface area (TPSA) is 13.1 Å². The molecule has 0 N–H and O–H groups in total. The van der Waals surface area contributed by atoms with Gasteiger partial charge in [-0.05, 0) is 79.1 Å². The summed E-state index contributed by atoms with van der Waals surface area (Å²) in [4.78, 5) is 0. The van der Waals surface area contributed by atoms with Crippen molar-refractivity contribution in [2.75, 3.05) is 0 Å². The summed E-state index contributed by atoms with van der Waals surface area (Å²) < 4.78 is 153. The van der Waals surface area contributed by atoms with E-state index in [1.54, 1.807) is 24.3 Å². The van der Waals surface area contributed by atoms with Crippen LogP contribution in [0.15, 0.2) is 150 Å². The lowest BCUT2D eigenvalue weighted by atomic mass is 9.84. The van der Waals surface area contributed by atoms with Crippen LogP contribution >= 0.6 is 0 Å². The van der Waals surface area contributed by atoms with E-state index in [1.807, 2.05) is 0 Å². The second-order valence-corrected chi connectivity index (χ2v) is 8.82. The van der Waals surface area contributed by atoms with E-state index in [1.165, 1.54) is 18.2 Å². The predicted octanol–water partition coefficient (Wildman–Crippen LogP) is 10.9. The average molecular weight is 514 g/mol. The van der Waals surface area contributed by atoms with Gasteiger partial charge in [0.2, 0.25) is 0 Å². The van der Waals surface area contributed by atoms with Crippen LogP contribution in [0.1, 0.15) is 23.3 Å². The van der Waals surface area contributed by atoms with Crippen LogP contribution < -0.4 is 0 Å². The Bertz CT molecular complexity index is 3050. The summed E-state index contributed by atoms with van der Waals surface area (Å²) >= 11 is 0. The first-order valence-electron chi connectivity index (χ1n) is 20.5. The third kappa shape index (κ3) is 3.48. The molecule has 0 aliphatic rings. The van der Waals surface area contributed by atoms with E-state index in [0.29, 0.717) is 5.39 Å². The molecule has 1 nitrogen and oxygen atoms in total. The van der Waals surface area contributed by atoms with Crippen molar-refractivity contribution in [1.82, 2.24) is 0 Å². The van der Waals surface area contributed by atoms with Gasteiger partial charge in [-0.25, -0.2) is 0 Å². The maximum absolute atomic E-state index is 9.61. The van der Waals surface area contributed by atoms with Crippen LogP contribution in [0.5, 0.6) is 0 Å². The highest BCUT2D eigenvalue weighted by Crippen LogP contribution is 2.45. The molecule has 0 amide bonds. The van der Waals surface area contributed by atoms with Gasteiger partial charge in [0.25, 0.3) is 0 Å². The molecule has 0 spiro atoms. The van der Waals surface area contributed by atoms with E-state index in [2.05, 4.69) is 0 Å². The number of benzene rings is 7. The Balaban J connectivity index is 1.64. The van der Waals surface area contributed by atoms with Gasteiger partial charge in [0.15, 0.2) is 0 Å². The minimum absolute atomic E-state index is 0.117.